The second kappa shape index (κ2) is 8.65. The smallest absolute Gasteiger partial charge is 0.288 e. The molecule has 0 aliphatic rings. The minimum absolute atomic E-state index is 0.288. The van der Waals surface area contributed by atoms with Crippen molar-refractivity contribution in [3.05, 3.63) is 139 Å². The van der Waals surface area contributed by atoms with E-state index in [1.807, 2.05) is 6.07 Å². The first-order chi connectivity index (χ1) is 19.8. The van der Waals surface area contributed by atoms with E-state index in [1.54, 1.807) is 6.20 Å². The Balaban J connectivity index is 1.34. The average Bonchev–Trinajstić information content (AvgIpc) is 3.54. The highest BCUT2D eigenvalue weighted by atomic mass is 15.1. The van der Waals surface area contributed by atoms with E-state index in [0.717, 1.165) is 33.1 Å². The van der Waals surface area contributed by atoms with Gasteiger partial charge in [-0.05, 0) is 59.7 Å². The minimum atomic E-state index is 0.288. The Morgan fingerprint density at radius 2 is 1.05 bits per heavy atom. The van der Waals surface area contributed by atoms with Crippen molar-refractivity contribution in [2.24, 2.45) is 0 Å². The molecule has 3 aromatic heterocycles. The van der Waals surface area contributed by atoms with Gasteiger partial charge in [0.2, 0.25) is 0 Å². The first-order valence-corrected chi connectivity index (χ1v) is 13.1. The van der Waals surface area contributed by atoms with Crippen molar-refractivity contribution in [1.82, 2.24) is 19.1 Å². The Morgan fingerprint density at radius 3 is 1.65 bits per heavy atom. The summed E-state index contributed by atoms with van der Waals surface area (Å²) in [4.78, 5) is 12.2. The van der Waals surface area contributed by atoms with Gasteiger partial charge >= 0.3 is 0 Å². The number of rotatable bonds is 3. The maximum Gasteiger partial charge on any atom is 0.288 e. The molecule has 186 valence electrons. The van der Waals surface area contributed by atoms with E-state index >= 15 is 0 Å². The molecule has 0 unspecified atom stereocenters. The van der Waals surface area contributed by atoms with Gasteiger partial charge in [-0.2, -0.15) is 0 Å². The monoisotopic (exact) mass is 511 g/mol. The fourth-order valence-electron chi connectivity index (χ4n) is 5.89. The van der Waals surface area contributed by atoms with Crippen molar-refractivity contribution >= 4 is 49.4 Å². The van der Waals surface area contributed by atoms with Gasteiger partial charge in [-0.3, -0.25) is 4.57 Å². The summed E-state index contributed by atoms with van der Waals surface area (Å²) < 4.78 is 4.46. The third-order valence-electron chi connectivity index (χ3n) is 7.66. The summed E-state index contributed by atoms with van der Waals surface area (Å²) in [5.74, 6) is 0.984. The maximum absolute atomic E-state index is 7.21. The fraction of sp³-hybridized carbons (Fsp3) is 0. The van der Waals surface area contributed by atoms with Gasteiger partial charge in [0, 0.05) is 27.2 Å². The molecule has 0 bridgehead atoms. The predicted octanol–water partition coefficient (Wildman–Crippen LogP) is 8.89. The van der Waals surface area contributed by atoms with Crippen LogP contribution in [-0.4, -0.2) is 19.1 Å². The molecule has 0 radical (unpaired) electrons. The molecule has 8 aromatic rings. The van der Waals surface area contributed by atoms with Crippen molar-refractivity contribution in [2.45, 2.75) is 0 Å². The first-order valence-electron chi connectivity index (χ1n) is 13.1. The van der Waals surface area contributed by atoms with Crippen molar-refractivity contribution in [3.63, 3.8) is 0 Å². The summed E-state index contributed by atoms with van der Waals surface area (Å²) in [6.07, 6.45) is 3.20. The van der Waals surface area contributed by atoms with Gasteiger partial charge in [-0.15, -0.1) is 4.98 Å². The Hall–Kier alpha value is -5.73. The van der Waals surface area contributed by atoms with Crippen LogP contribution in [-0.2, 0) is 0 Å². The number of aromatic nitrogens is 4. The van der Waals surface area contributed by atoms with Gasteiger partial charge in [-0.25, -0.2) is 4.98 Å². The lowest BCUT2D eigenvalue weighted by Crippen LogP contribution is -1.97. The lowest BCUT2D eigenvalue weighted by atomic mass is 10.0. The van der Waals surface area contributed by atoms with Gasteiger partial charge in [0.05, 0.1) is 28.3 Å². The van der Waals surface area contributed by atoms with Crippen molar-refractivity contribution < 1.29 is 0 Å². The zero-order chi connectivity index (χ0) is 26.6. The van der Waals surface area contributed by atoms with Crippen LogP contribution in [0.2, 0.25) is 0 Å². The predicted molar refractivity (Wildman–Crippen MR) is 162 cm³/mol. The SMILES string of the molecule is [C-]#[N+]c1cnc(-n2c3ccccc3c3cc(-c4ccc5c(c4)c4ccccc4n5-c4ccccc4)ccc32)cn1. The van der Waals surface area contributed by atoms with Gasteiger partial charge in [0.1, 0.15) is 0 Å². The highest BCUT2D eigenvalue weighted by Crippen LogP contribution is 2.37. The molecule has 0 N–H and O–H groups in total. The average molecular weight is 512 g/mol. The van der Waals surface area contributed by atoms with E-state index < -0.39 is 0 Å². The van der Waals surface area contributed by atoms with Gasteiger partial charge in [0.15, 0.2) is 12.0 Å². The van der Waals surface area contributed by atoms with Crippen molar-refractivity contribution in [2.75, 3.05) is 0 Å². The Labute approximate surface area is 230 Å². The molecule has 3 heterocycles. The molecule has 0 saturated carbocycles. The molecule has 0 amide bonds. The van der Waals surface area contributed by atoms with Crippen LogP contribution in [0.15, 0.2) is 128 Å². The molecule has 8 rings (SSSR count). The van der Waals surface area contributed by atoms with Crippen LogP contribution in [0.5, 0.6) is 0 Å². The summed E-state index contributed by atoms with van der Waals surface area (Å²) in [5, 5.41) is 4.77. The normalized spacial score (nSPS) is 11.5. The Bertz CT molecular complexity index is 2270. The lowest BCUT2D eigenvalue weighted by molar-refractivity contribution is 1.05. The van der Waals surface area contributed by atoms with E-state index in [0.29, 0.717) is 5.82 Å². The molecule has 5 aromatic carbocycles. The number of hydrogen-bond acceptors (Lipinski definition) is 2. The molecule has 5 heteroatoms. The largest absolute Gasteiger partial charge is 0.359 e. The van der Waals surface area contributed by atoms with Crippen LogP contribution in [0.1, 0.15) is 0 Å². The fourth-order valence-corrected chi connectivity index (χ4v) is 5.89. The molecule has 0 spiro atoms. The van der Waals surface area contributed by atoms with Crippen LogP contribution < -0.4 is 0 Å². The second-order valence-corrected chi connectivity index (χ2v) is 9.85. The van der Waals surface area contributed by atoms with E-state index in [4.69, 9.17) is 6.57 Å². The van der Waals surface area contributed by atoms with Gasteiger partial charge < -0.3 is 9.41 Å². The molecule has 0 saturated heterocycles. The number of nitrogens with zero attached hydrogens (tertiary/aromatic N) is 5. The van der Waals surface area contributed by atoms with Crippen LogP contribution in [0.3, 0.4) is 0 Å². The molecule has 5 nitrogen and oxygen atoms in total. The molecule has 0 aliphatic carbocycles. The number of benzene rings is 5. The Kier molecular flexibility index (Phi) is 4.82. The first kappa shape index (κ1) is 22.3. The molecular formula is C35H21N5. The van der Waals surface area contributed by atoms with Crippen LogP contribution in [0.4, 0.5) is 5.82 Å². The summed E-state index contributed by atoms with van der Waals surface area (Å²) in [6.45, 7) is 7.21. The van der Waals surface area contributed by atoms with Gasteiger partial charge in [-0.1, -0.05) is 73.3 Å². The zero-order valence-electron chi connectivity index (χ0n) is 21.4. The second-order valence-electron chi connectivity index (χ2n) is 9.85. The molecule has 0 atom stereocenters. The number of para-hydroxylation sites is 3. The Morgan fingerprint density at radius 1 is 0.500 bits per heavy atom. The zero-order valence-corrected chi connectivity index (χ0v) is 21.4. The number of fused-ring (bicyclic) bond motifs is 6. The molecule has 0 aliphatic heterocycles. The van der Waals surface area contributed by atoms with Crippen LogP contribution >= 0.6 is 0 Å². The van der Waals surface area contributed by atoms with Gasteiger partial charge in [0.25, 0.3) is 5.82 Å². The highest BCUT2D eigenvalue weighted by Gasteiger charge is 2.16. The highest BCUT2D eigenvalue weighted by molar-refractivity contribution is 6.12. The van der Waals surface area contributed by atoms with Crippen molar-refractivity contribution in [1.29, 1.82) is 0 Å². The van der Waals surface area contributed by atoms with Crippen LogP contribution in [0.25, 0.3) is 71.1 Å². The molecular weight excluding hydrogens is 490 g/mol. The van der Waals surface area contributed by atoms with E-state index in [9.17, 15) is 0 Å². The van der Waals surface area contributed by atoms with E-state index in [2.05, 4.69) is 133 Å². The summed E-state index contributed by atoms with van der Waals surface area (Å²) >= 11 is 0. The summed E-state index contributed by atoms with van der Waals surface area (Å²) in [5.41, 5.74) is 7.98. The quantitative estimate of drug-likeness (QED) is 0.222. The lowest BCUT2D eigenvalue weighted by Gasteiger charge is -2.08. The topological polar surface area (TPSA) is 40.0 Å². The summed E-state index contributed by atoms with van der Waals surface area (Å²) in [7, 11) is 0. The van der Waals surface area contributed by atoms with Crippen LogP contribution in [0, 0.1) is 6.57 Å². The van der Waals surface area contributed by atoms with Crippen molar-refractivity contribution in [3.8, 4) is 22.6 Å². The third kappa shape index (κ3) is 3.27. The standard InChI is InChI=1S/C35H21N5/c1-36-34-21-38-35(22-37-34)40-31-14-8-6-12-27(31)29-20-24(16-18-33(29)40)23-15-17-32-28(19-23)26-11-5-7-13-30(26)39(32)25-9-3-2-4-10-25/h2-22H. The maximum atomic E-state index is 7.21. The third-order valence-corrected chi connectivity index (χ3v) is 7.66. The van der Waals surface area contributed by atoms with E-state index in [-0.39, 0.29) is 5.82 Å². The minimum Gasteiger partial charge on any atom is -0.359 e. The number of hydrogen-bond donors (Lipinski definition) is 0. The molecule has 40 heavy (non-hydrogen) atoms. The molecule has 0 fully saturated rings. The summed E-state index contributed by atoms with van der Waals surface area (Å²) in [6, 6.07) is 40.9. The van der Waals surface area contributed by atoms with E-state index in [1.165, 1.54) is 33.6 Å².